The van der Waals surface area contributed by atoms with Gasteiger partial charge in [0.2, 0.25) is 5.95 Å². The molecule has 4 aromatic rings. The number of benzene rings is 2. The van der Waals surface area contributed by atoms with Gasteiger partial charge in [-0.25, -0.2) is 0 Å². The van der Waals surface area contributed by atoms with Crippen LogP contribution >= 0.6 is 11.6 Å². The summed E-state index contributed by atoms with van der Waals surface area (Å²) in [6.45, 7) is 0. The second kappa shape index (κ2) is 7.89. The molecule has 0 saturated carbocycles. The highest BCUT2D eigenvalue weighted by molar-refractivity contribution is 6.30. The molecular formula is C21H20ClN5O2. The minimum absolute atomic E-state index is 0.182. The highest BCUT2D eigenvalue weighted by atomic mass is 35.5. The summed E-state index contributed by atoms with van der Waals surface area (Å²) >= 11 is 5.96. The van der Waals surface area contributed by atoms with Gasteiger partial charge in [0.25, 0.3) is 0 Å². The van der Waals surface area contributed by atoms with E-state index in [1.165, 1.54) is 0 Å². The molecule has 4 rings (SSSR count). The molecule has 4 N–H and O–H groups in total. The van der Waals surface area contributed by atoms with Gasteiger partial charge in [-0.15, -0.1) is 0 Å². The van der Waals surface area contributed by atoms with Gasteiger partial charge in [0.05, 0.1) is 19.6 Å². The van der Waals surface area contributed by atoms with Gasteiger partial charge in [-0.3, -0.25) is 0 Å². The highest BCUT2D eigenvalue weighted by Gasteiger charge is 2.14. The zero-order valence-electron chi connectivity index (χ0n) is 16.0. The quantitative estimate of drug-likeness (QED) is 0.432. The van der Waals surface area contributed by atoms with Gasteiger partial charge in [-0.2, -0.15) is 9.97 Å². The number of para-hydroxylation sites is 1. The number of nitrogens with zero attached hydrogens (tertiary/aromatic N) is 2. The minimum Gasteiger partial charge on any atom is -0.493 e. The molecule has 148 valence electrons. The predicted octanol–water partition coefficient (Wildman–Crippen LogP) is 4.55. The van der Waals surface area contributed by atoms with E-state index in [1.54, 1.807) is 14.2 Å². The van der Waals surface area contributed by atoms with Crippen LogP contribution in [-0.2, 0) is 6.42 Å². The summed E-state index contributed by atoms with van der Waals surface area (Å²) < 4.78 is 10.9. The second-order valence-electron chi connectivity index (χ2n) is 6.45. The van der Waals surface area contributed by atoms with Crippen LogP contribution in [0.3, 0.4) is 0 Å². The van der Waals surface area contributed by atoms with Crippen molar-refractivity contribution in [3.05, 3.63) is 64.8 Å². The van der Waals surface area contributed by atoms with Crippen LogP contribution in [0.4, 0.5) is 17.5 Å². The third-order valence-corrected chi connectivity index (χ3v) is 4.78. The molecule has 2 aromatic heterocycles. The molecule has 0 bridgehead atoms. The Morgan fingerprint density at radius 3 is 2.59 bits per heavy atom. The van der Waals surface area contributed by atoms with E-state index in [2.05, 4.69) is 20.3 Å². The molecule has 0 fully saturated rings. The van der Waals surface area contributed by atoms with Crippen molar-refractivity contribution in [1.82, 2.24) is 15.0 Å². The van der Waals surface area contributed by atoms with Gasteiger partial charge in [-0.05, 0) is 36.4 Å². The summed E-state index contributed by atoms with van der Waals surface area (Å²) in [4.78, 5) is 12.0. The Bertz CT molecular complexity index is 1160. The van der Waals surface area contributed by atoms with E-state index in [4.69, 9.17) is 26.8 Å². The molecule has 0 aliphatic rings. The van der Waals surface area contributed by atoms with E-state index in [0.717, 1.165) is 22.3 Å². The number of rotatable bonds is 6. The summed E-state index contributed by atoms with van der Waals surface area (Å²) in [5, 5.41) is 4.78. The minimum atomic E-state index is 0.182. The summed E-state index contributed by atoms with van der Waals surface area (Å²) in [5.41, 5.74) is 9.36. The number of hydrogen-bond acceptors (Lipinski definition) is 6. The molecule has 0 radical (unpaired) electrons. The average Bonchev–Trinajstić information content (AvgIpc) is 3.11. The van der Waals surface area contributed by atoms with Crippen molar-refractivity contribution in [2.24, 2.45) is 0 Å². The molecule has 2 heterocycles. The van der Waals surface area contributed by atoms with Crippen LogP contribution in [0, 0.1) is 0 Å². The number of fused-ring (bicyclic) bond motifs is 1. The Hall–Kier alpha value is -3.45. The Labute approximate surface area is 172 Å². The van der Waals surface area contributed by atoms with E-state index < -0.39 is 0 Å². The van der Waals surface area contributed by atoms with Crippen molar-refractivity contribution in [2.75, 3.05) is 25.3 Å². The first-order chi connectivity index (χ1) is 14.1. The number of hydrogen-bond donors (Lipinski definition) is 3. The number of nitrogen functional groups attached to an aromatic ring is 1. The van der Waals surface area contributed by atoms with Crippen LogP contribution < -0.4 is 20.5 Å². The van der Waals surface area contributed by atoms with Gasteiger partial charge in [-0.1, -0.05) is 23.7 Å². The Morgan fingerprint density at radius 1 is 1.07 bits per heavy atom. The van der Waals surface area contributed by atoms with Crippen molar-refractivity contribution >= 4 is 40.1 Å². The van der Waals surface area contributed by atoms with Crippen LogP contribution in [0.25, 0.3) is 11.0 Å². The number of anilines is 3. The van der Waals surface area contributed by atoms with E-state index in [0.29, 0.717) is 34.4 Å². The van der Waals surface area contributed by atoms with E-state index in [-0.39, 0.29) is 5.95 Å². The third-order valence-electron chi connectivity index (χ3n) is 4.53. The number of aromatic nitrogens is 3. The number of methoxy groups -OCH3 is 2. The Balaban J connectivity index is 1.70. The fourth-order valence-corrected chi connectivity index (χ4v) is 3.37. The smallest absolute Gasteiger partial charge is 0.224 e. The van der Waals surface area contributed by atoms with Crippen LogP contribution in [0.2, 0.25) is 5.02 Å². The van der Waals surface area contributed by atoms with E-state index in [1.807, 2.05) is 48.5 Å². The van der Waals surface area contributed by atoms with Gasteiger partial charge in [0, 0.05) is 28.4 Å². The molecule has 0 aliphatic heterocycles. The maximum Gasteiger partial charge on any atom is 0.224 e. The zero-order chi connectivity index (χ0) is 20.4. The summed E-state index contributed by atoms with van der Waals surface area (Å²) in [6, 6.07) is 15.2. The van der Waals surface area contributed by atoms with Gasteiger partial charge >= 0.3 is 0 Å². The molecule has 0 spiro atoms. The first kappa shape index (κ1) is 18.9. The van der Waals surface area contributed by atoms with Crippen LogP contribution in [0.1, 0.15) is 11.3 Å². The molecule has 0 atom stereocenters. The number of aromatic amines is 1. The first-order valence-electron chi connectivity index (χ1n) is 8.95. The molecule has 7 nitrogen and oxygen atoms in total. The van der Waals surface area contributed by atoms with Crippen LogP contribution in [0.5, 0.6) is 11.5 Å². The molecule has 8 heteroatoms. The molecule has 0 amide bonds. The number of ether oxygens (including phenoxy) is 2. The van der Waals surface area contributed by atoms with E-state index in [9.17, 15) is 0 Å². The first-order valence-corrected chi connectivity index (χ1v) is 9.32. The van der Waals surface area contributed by atoms with Crippen LogP contribution in [0.15, 0.2) is 48.5 Å². The Kier molecular flexibility index (Phi) is 5.14. The maximum absolute atomic E-state index is 5.96. The van der Waals surface area contributed by atoms with Crippen molar-refractivity contribution in [1.29, 1.82) is 0 Å². The van der Waals surface area contributed by atoms with Gasteiger partial charge in [0.15, 0.2) is 11.5 Å². The number of nitrogens with one attached hydrogen (secondary N) is 2. The molecule has 29 heavy (non-hydrogen) atoms. The standard InChI is InChI=1S/C21H20ClN5O2/c1-28-17-5-3-4-12(18(17)29-2)10-15-11-16-19(26-21(23)27-20(16)25-15)24-14-8-6-13(22)7-9-14/h3-9,11H,10H2,1-2H3,(H4,23,24,25,26,27). The lowest BCUT2D eigenvalue weighted by Crippen LogP contribution is -2.00. The Morgan fingerprint density at radius 2 is 1.86 bits per heavy atom. The lowest BCUT2D eigenvalue weighted by Gasteiger charge is -2.11. The summed E-state index contributed by atoms with van der Waals surface area (Å²) in [5.74, 6) is 2.20. The van der Waals surface area contributed by atoms with Crippen molar-refractivity contribution < 1.29 is 9.47 Å². The van der Waals surface area contributed by atoms with Gasteiger partial charge in [0.1, 0.15) is 11.5 Å². The van der Waals surface area contributed by atoms with Crippen molar-refractivity contribution in [2.45, 2.75) is 6.42 Å². The van der Waals surface area contributed by atoms with E-state index >= 15 is 0 Å². The summed E-state index contributed by atoms with van der Waals surface area (Å²) in [7, 11) is 3.25. The fraction of sp³-hybridized carbons (Fsp3) is 0.143. The highest BCUT2D eigenvalue weighted by Crippen LogP contribution is 2.33. The molecule has 2 aromatic carbocycles. The number of nitrogens with two attached hydrogens (primary N) is 1. The second-order valence-corrected chi connectivity index (χ2v) is 6.89. The third kappa shape index (κ3) is 3.90. The monoisotopic (exact) mass is 409 g/mol. The lowest BCUT2D eigenvalue weighted by molar-refractivity contribution is 0.352. The largest absolute Gasteiger partial charge is 0.493 e. The maximum atomic E-state index is 5.96. The molecular weight excluding hydrogens is 390 g/mol. The number of H-pyrrole nitrogens is 1. The average molecular weight is 410 g/mol. The molecule has 0 saturated heterocycles. The van der Waals surface area contributed by atoms with Gasteiger partial charge < -0.3 is 25.5 Å². The fourth-order valence-electron chi connectivity index (χ4n) is 3.24. The lowest BCUT2D eigenvalue weighted by atomic mass is 10.1. The predicted molar refractivity (Wildman–Crippen MR) is 115 cm³/mol. The normalized spacial score (nSPS) is 10.9. The number of halogens is 1. The molecule has 0 unspecified atom stereocenters. The molecule has 0 aliphatic carbocycles. The van der Waals surface area contributed by atoms with Crippen LogP contribution in [-0.4, -0.2) is 29.2 Å². The van der Waals surface area contributed by atoms with Crippen molar-refractivity contribution in [3.8, 4) is 11.5 Å². The summed E-state index contributed by atoms with van der Waals surface area (Å²) in [6.07, 6.45) is 0.608. The SMILES string of the molecule is COc1cccc(Cc2cc3c(Nc4ccc(Cl)cc4)nc(N)nc3[nH]2)c1OC. The topological polar surface area (TPSA) is 98.1 Å². The zero-order valence-corrected chi connectivity index (χ0v) is 16.7. The van der Waals surface area contributed by atoms with Crippen molar-refractivity contribution in [3.63, 3.8) is 0 Å².